The molecule has 0 bridgehead atoms. The molecule has 0 spiro atoms. The first kappa shape index (κ1) is 23.4. The summed E-state index contributed by atoms with van der Waals surface area (Å²) in [6.45, 7) is 9.06. The molecule has 0 unspecified atom stereocenters. The van der Waals surface area contributed by atoms with Crippen molar-refractivity contribution < 1.29 is 4.79 Å². The second-order valence-corrected chi connectivity index (χ2v) is 9.22. The topological polar surface area (TPSA) is 56.4 Å². The summed E-state index contributed by atoms with van der Waals surface area (Å²) in [6.07, 6.45) is 6.16. The van der Waals surface area contributed by atoms with Crippen molar-refractivity contribution >= 4 is 23.2 Å². The second-order valence-electron chi connectivity index (χ2n) is 8.78. The van der Waals surface area contributed by atoms with Gasteiger partial charge in [0.05, 0.1) is 6.54 Å². The van der Waals surface area contributed by atoms with E-state index in [1.165, 1.54) is 32.1 Å². The van der Waals surface area contributed by atoms with E-state index >= 15 is 0 Å². The lowest BCUT2D eigenvalue weighted by Crippen LogP contribution is -2.37. The van der Waals surface area contributed by atoms with E-state index in [9.17, 15) is 9.59 Å². The number of amides is 1. The van der Waals surface area contributed by atoms with Crippen LogP contribution in [0.1, 0.15) is 71.8 Å². The Hall–Kier alpha value is -2.27. The number of aryl methyl sites for hydroxylation is 2. The molecule has 5 nitrogen and oxygen atoms in total. The van der Waals surface area contributed by atoms with E-state index in [4.69, 9.17) is 11.6 Å². The normalized spacial score (nSPS) is 14.5. The molecular weight excluding hydrogens is 410 g/mol. The quantitative estimate of drug-likeness (QED) is 0.651. The predicted octanol–water partition coefficient (Wildman–Crippen LogP) is 5.38. The number of anilines is 1. The van der Waals surface area contributed by atoms with Crippen LogP contribution in [0, 0.1) is 20.8 Å². The van der Waals surface area contributed by atoms with Crippen LogP contribution in [0.25, 0.3) is 0 Å². The van der Waals surface area contributed by atoms with Gasteiger partial charge in [-0.25, -0.2) is 0 Å². The SMILES string of the molecule is CCN(c1cc(Cl)cc(C(=O)N(C)Cc2c(C)cc(C)[nH]c2=O)c1C)C1CCCCC1. The number of nitrogens with one attached hydrogen (secondary N) is 1. The molecule has 0 aliphatic heterocycles. The lowest BCUT2D eigenvalue weighted by molar-refractivity contribution is 0.0783. The summed E-state index contributed by atoms with van der Waals surface area (Å²) < 4.78 is 0. The Morgan fingerprint density at radius 3 is 2.42 bits per heavy atom. The van der Waals surface area contributed by atoms with E-state index in [0.717, 1.165) is 29.1 Å². The summed E-state index contributed by atoms with van der Waals surface area (Å²) in [5, 5.41) is 0.566. The van der Waals surface area contributed by atoms with Crippen LogP contribution in [-0.4, -0.2) is 35.4 Å². The van der Waals surface area contributed by atoms with E-state index < -0.39 is 0 Å². The second kappa shape index (κ2) is 9.90. The van der Waals surface area contributed by atoms with Gasteiger partial charge in [-0.05, 0) is 69.9 Å². The van der Waals surface area contributed by atoms with Crippen molar-refractivity contribution in [2.24, 2.45) is 0 Å². The third-order valence-corrected chi connectivity index (χ3v) is 6.70. The Bertz CT molecular complexity index is 1010. The largest absolute Gasteiger partial charge is 0.369 e. The van der Waals surface area contributed by atoms with Crippen LogP contribution in [0.3, 0.4) is 0 Å². The van der Waals surface area contributed by atoms with Crippen molar-refractivity contribution in [3.8, 4) is 0 Å². The molecule has 1 aliphatic rings. The molecule has 1 N–H and O–H groups in total. The molecule has 1 aromatic carbocycles. The highest BCUT2D eigenvalue weighted by atomic mass is 35.5. The zero-order valence-corrected chi connectivity index (χ0v) is 20.1. The van der Waals surface area contributed by atoms with Gasteiger partial charge in [0.2, 0.25) is 0 Å². The molecule has 6 heteroatoms. The number of H-pyrrole nitrogens is 1. The molecule has 0 atom stereocenters. The van der Waals surface area contributed by atoms with E-state index in [1.54, 1.807) is 18.0 Å². The highest BCUT2D eigenvalue weighted by Gasteiger charge is 2.25. The zero-order valence-electron chi connectivity index (χ0n) is 19.3. The number of aromatic nitrogens is 1. The number of carbonyl (C=O) groups is 1. The van der Waals surface area contributed by atoms with Gasteiger partial charge >= 0.3 is 0 Å². The summed E-state index contributed by atoms with van der Waals surface area (Å²) in [4.78, 5) is 32.6. The van der Waals surface area contributed by atoms with Crippen LogP contribution in [0.5, 0.6) is 0 Å². The third kappa shape index (κ3) is 5.15. The van der Waals surface area contributed by atoms with Gasteiger partial charge in [-0.3, -0.25) is 9.59 Å². The minimum atomic E-state index is -0.143. The molecule has 0 radical (unpaired) electrons. The molecule has 1 heterocycles. The van der Waals surface area contributed by atoms with Crippen molar-refractivity contribution in [3.63, 3.8) is 0 Å². The van der Waals surface area contributed by atoms with Crippen molar-refractivity contribution in [1.82, 2.24) is 9.88 Å². The lowest BCUT2D eigenvalue weighted by atomic mass is 9.93. The van der Waals surface area contributed by atoms with Gasteiger partial charge < -0.3 is 14.8 Å². The van der Waals surface area contributed by atoms with Gasteiger partial charge in [-0.2, -0.15) is 0 Å². The number of rotatable bonds is 6. The summed E-state index contributed by atoms with van der Waals surface area (Å²) in [6, 6.07) is 6.16. The number of aromatic amines is 1. The highest BCUT2D eigenvalue weighted by Crippen LogP contribution is 2.33. The van der Waals surface area contributed by atoms with E-state index in [-0.39, 0.29) is 18.0 Å². The van der Waals surface area contributed by atoms with Crippen molar-refractivity contribution in [1.29, 1.82) is 0 Å². The van der Waals surface area contributed by atoms with Crippen LogP contribution in [0.4, 0.5) is 5.69 Å². The van der Waals surface area contributed by atoms with Gasteiger partial charge in [0.15, 0.2) is 0 Å². The molecule has 31 heavy (non-hydrogen) atoms. The smallest absolute Gasteiger partial charge is 0.254 e. The number of halogens is 1. The molecule has 1 saturated carbocycles. The molecule has 1 amide bonds. The fourth-order valence-corrected chi connectivity index (χ4v) is 5.01. The standard InChI is InChI=1S/C25H34ClN3O2/c1-6-29(20-10-8-7-9-11-20)23-14-19(26)13-21(18(23)4)25(31)28(5)15-22-16(2)12-17(3)27-24(22)30/h12-14,20H,6-11,15H2,1-5H3,(H,27,30). The first-order valence-electron chi connectivity index (χ1n) is 11.2. The maximum Gasteiger partial charge on any atom is 0.254 e. The van der Waals surface area contributed by atoms with Crippen LogP contribution in [0.2, 0.25) is 5.02 Å². The molecule has 2 aromatic rings. The minimum Gasteiger partial charge on any atom is -0.369 e. The number of benzene rings is 1. The van der Waals surface area contributed by atoms with Gasteiger partial charge in [0, 0.05) is 47.2 Å². The average molecular weight is 444 g/mol. The first-order chi connectivity index (χ1) is 14.7. The fourth-order valence-electron chi connectivity index (χ4n) is 4.80. The summed E-state index contributed by atoms with van der Waals surface area (Å²) in [5.41, 5.74) is 4.76. The van der Waals surface area contributed by atoms with E-state index in [2.05, 4.69) is 16.8 Å². The van der Waals surface area contributed by atoms with Gasteiger partial charge in [-0.1, -0.05) is 30.9 Å². The molecular formula is C25H34ClN3O2. The van der Waals surface area contributed by atoms with Crippen molar-refractivity contribution in [2.45, 2.75) is 72.4 Å². The van der Waals surface area contributed by atoms with Crippen molar-refractivity contribution in [3.05, 3.63) is 61.5 Å². The number of hydrogen-bond acceptors (Lipinski definition) is 3. The Balaban J connectivity index is 1.91. The Morgan fingerprint density at radius 1 is 1.13 bits per heavy atom. The van der Waals surface area contributed by atoms with E-state index in [0.29, 0.717) is 22.2 Å². The highest BCUT2D eigenvalue weighted by molar-refractivity contribution is 6.31. The molecule has 1 aromatic heterocycles. The van der Waals surface area contributed by atoms with E-state index in [1.807, 2.05) is 32.9 Å². The summed E-state index contributed by atoms with van der Waals surface area (Å²) in [7, 11) is 1.74. The van der Waals surface area contributed by atoms with Gasteiger partial charge in [-0.15, -0.1) is 0 Å². The Kier molecular flexibility index (Phi) is 7.47. The maximum absolute atomic E-state index is 13.4. The molecule has 0 saturated heterocycles. The Labute approximate surface area is 190 Å². The van der Waals surface area contributed by atoms with Crippen LogP contribution in [0.15, 0.2) is 23.0 Å². The minimum absolute atomic E-state index is 0.125. The molecule has 3 rings (SSSR count). The third-order valence-electron chi connectivity index (χ3n) is 6.48. The predicted molar refractivity (Wildman–Crippen MR) is 128 cm³/mol. The number of pyridine rings is 1. The average Bonchev–Trinajstić information content (AvgIpc) is 2.73. The van der Waals surface area contributed by atoms with Gasteiger partial charge in [0.25, 0.3) is 11.5 Å². The number of hydrogen-bond donors (Lipinski definition) is 1. The van der Waals surface area contributed by atoms with Crippen LogP contribution >= 0.6 is 11.6 Å². The summed E-state index contributed by atoms with van der Waals surface area (Å²) in [5.74, 6) is -0.125. The van der Waals surface area contributed by atoms with Gasteiger partial charge in [0.1, 0.15) is 0 Å². The van der Waals surface area contributed by atoms with Crippen LogP contribution in [-0.2, 0) is 6.54 Å². The number of nitrogens with zero attached hydrogens (tertiary/aromatic N) is 2. The zero-order chi connectivity index (χ0) is 22.7. The molecule has 168 valence electrons. The summed E-state index contributed by atoms with van der Waals surface area (Å²) >= 11 is 6.49. The maximum atomic E-state index is 13.4. The molecule has 1 fully saturated rings. The fraction of sp³-hybridized carbons (Fsp3) is 0.520. The molecule has 1 aliphatic carbocycles. The lowest BCUT2D eigenvalue weighted by Gasteiger charge is -2.37. The number of carbonyl (C=O) groups excluding carboxylic acids is 1. The first-order valence-corrected chi connectivity index (χ1v) is 11.6. The Morgan fingerprint density at radius 2 is 1.81 bits per heavy atom. The van der Waals surface area contributed by atoms with Crippen molar-refractivity contribution in [2.75, 3.05) is 18.5 Å². The van der Waals surface area contributed by atoms with Crippen LogP contribution < -0.4 is 10.5 Å². The monoisotopic (exact) mass is 443 g/mol.